The summed E-state index contributed by atoms with van der Waals surface area (Å²) in [7, 11) is 0. The van der Waals surface area contributed by atoms with Crippen LogP contribution in [0.5, 0.6) is 0 Å². The third-order valence-electron chi connectivity index (χ3n) is 1.39. The first-order valence-electron chi connectivity index (χ1n) is 3.62. The first-order chi connectivity index (χ1) is 6.25. The normalized spacial score (nSPS) is 10.5. The van der Waals surface area contributed by atoms with Crippen LogP contribution >= 0.6 is 0 Å². The van der Waals surface area contributed by atoms with Crippen molar-refractivity contribution in [1.82, 2.24) is 4.98 Å². The van der Waals surface area contributed by atoms with E-state index in [9.17, 15) is 10.1 Å². The van der Waals surface area contributed by atoms with E-state index in [0.717, 1.165) is 0 Å². The van der Waals surface area contributed by atoms with Gasteiger partial charge in [-0.2, -0.15) is 0 Å². The van der Waals surface area contributed by atoms with Crippen molar-refractivity contribution >= 4 is 11.9 Å². The Hall–Kier alpha value is -1.75. The average Bonchev–Trinajstić information content (AvgIpc) is 2.15. The number of rotatable bonds is 3. The highest BCUT2D eigenvalue weighted by Gasteiger charge is 2.10. The summed E-state index contributed by atoms with van der Waals surface area (Å²) in [6.45, 7) is -0.147. The fourth-order valence-corrected chi connectivity index (χ4v) is 0.872. The quantitative estimate of drug-likeness (QED) is 0.556. The number of aliphatic hydroxyl groups is 1. The maximum Gasteiger partial charge on any atom is 0.370 e. The number of hydrogen-bond acceptors (Lipinski definition) is 4. The van der Waals surface area contributed by atoms with Crippen LogP contribution in [0.15, 0.2) is 24.4 Å². The number of nitrogens with zero attached hydrogens (tertiary/aromatic N) is 2. The molecule has 5 nitrogen and oxygen atoms in total. The highest BCUT2D eigenvalue weighted by Crippen LogP contribution is 2.15. The average molecular weight is 180 g/mol. The molecule has 1 aromatic heterocycles. The Morgan fingerprint density at radius 1 is 1.69 bits per heavy atom. The van der Waals surface area contributed by atoms with Gasteiger partial charge >= 0.3 is 5.82 Å². The van der Waals surface area contributed by atoms with Crippen molar-refractivity contribution in [2.45, 2.75) is 0 Å². The van der Waals surface area contributed by atoms with Crippen LogP contribution in [0, 0.1) is 10.1 Å². The zero-order valence-electron chi connectivity index (χ0n) is 6.75. The molecule has 0 aliphatic heterocycles. The molecule has 0 atom stereocenters. The van der Waals surface area contributed by atoms with Crippen molar-refractivity contribution < 1.29 is 10.0 Å². The van der Waals surface area contributed by atoms with E-state index in [1.165, 1.54) is 18.3 Å². The molecule has 0 amide bonds. The first-order valence-corrected chi connectivity index (χ1v) is 3.62. The van der Waals surface area contributed by atoms with E-state index < -0.39 is 4.92 Å². The molecule has 5 heteroatoms. The van der Waals surface area contributed by atoms with Crippen LogP contribution in [0.1, 0.15) is 5.56 Å². The van der Waals surface area contributed by atoms with Crippen molar-refractivity contribution in [2.75, 3.05) is 6.61 Å². The summed E-state index contributed by atoms with van der Waals surface area (Å²) in [5.74, 6) is -0.202. The summed E-state index contributed by atoms with van der Waals surface area (Å²) in [5, 5.41) is 18.9. The molecular formula is C8H8N2O3. The van der Waals surface area contributed by atoms with E-state index in [4.69, 9.17) is 5.11 Å². The minimum absolute atomic E-state index is 0.147. The molecule has 0 unspecified atom stereocenters. The Morgan fingerprint density at radius 2 is 2.46 bits per heavy atom. The molecule has 0 fully saturated rings. The molecule has 0 aliphatic rings. The summed E-state index contributed by atoms with van der Waals surface area (Å²) in [6, 6.07) is 3.17. The zero-order valence-corrected chi connectivity index (χ0v) is 6.75. The second-order valence-corrected chi connectivity index (χ2v) is 2.26. The van der Waals surface area contributed by atoms with Gasteiger partial charge in [-0.3, -0.25) is 0 Å². The predicted octanol–water partition coefficient (Wildman–Crippen LogP) is 0.995. The molecule has 0 spiro atoms. The lowest BCUT2D eigenvalue weighted by Crippen LogP contribution is -1.94. The fourth-order valence-electron chi connectivity index (χ4n) is 0.872. The second-order valence-electron chi connectivity index (χ2n) is 2.26. The molecule has 1 heterocycles. The highest BCUT2D eigenvalue weighted by molar-refractivity contribution is 5.57. The molecule has 0 radical (unpaired) electrons. The summed E-state index contributed by atoms with van der Waals surface area (Å²) in [5.41, 5.74) is 0.390. The summed E-state index contributed by atoms with van der Waals surface area (Å²) < 4.78 is 0. The number of hydrogen-bond donors (Lipinski definition) is 1. The van der Waals surface area contributed by atoms with Crippen molar-refractivity contribution in [3.63, 3.8) is 0 Å². The predicted molar refractivity (Wildman–Crippen MR) is 47.0 cm³/mol. The number of pyridine rings is 1. The molecule has 1 aromatic rings. The Labute approximate surface area is 74.5 Å². The summed E-state index contributed by atoms with van der Waals surface area (Å²) >= 11 is 0. The fraction of sp³-hybridized carbons (Fsp3) is 0.125. The van der Waals surface area contributed by atoms with Gasteiger partial charge in [0.2, 0.25) is 0 Å². The van der Waals surface area contributed by atoms with Crippen LogP contribution in [0.2, 0.25) is 0 Å². The second kappa shape index (κ2) is 4.32. The lowest BCUT2D eigenvalue weighted by Gasteiger charge is -1.94. The van der Waals surface area contributed by atoms with Gasteiger partial charge in [-0.15, -0.1) is 0 Å². The van der Waals surface area contributed by atoms with Crippen LogP contribution in [0.25, 0.3) is 6.08 Å². The molecule has 68 valence electrons. The van der Waals surface area contributed by atoms with Crippen molar-refractivity contribution in [1.29, 1.82) is 0 Å². The van der Waals surface area contributed by atoms with E-state index in [-0.39, 0.29) is 12.4 Å². The standard InChI is InChI=1S/C8H8N2O3/c11-6-2-4-7-3-1-5-9-8(7)10(12)13/h1-5,11H,6H2. The molecule has 0 bridgehead atoms. The smallest absolute Gasteiger partial charge is 0.370 e. The topological polar surface area (TPSA) is 76.3 Å². The monoisotopic (exact) mass is 180 g/mol. The lowest BCUT2D eigenvalue weighted by atomic mass is 10.2. The Morgan fingerprint density at radius 3 is 3.08 bits per heavy atom. The van der Waals surface area contributed by atoms with Crippen LogP contribution < -0.4 is 0 Å². The molecule has 0 aromatic carbocycles. The third kappa shape index (κ3) is 2.34. The maximum atomic E-state index is 10.4. The van der Waals surface area contributed by atoms with Gasteiger partial charge < -0.3 is 15.2 Å². The molecule has 1 N–H and O–H groups in total. The maximum absolute atomic E-state index is 10.4. The van der Waals surface area contributed by atoms with E-state index in [1.54, 1.807) is 12.1 Å². The summed E-state index contributed by atoms with van der Waals surface area (Å²) in [4.78, 5) is 13.5. The van der Waals surface area contributed by atoms with Gasteiger partial charge in [0.25, 0.3) is 0 Å². The van der Waals surface area contributed by atoms with E-state index in [0.29, 0.717) is 5.56 Å². The molecule has 0 saturated carbocycles. The van der Waals surface area contributed by atoms with Crippen LogP contribution in [0.3, 0.4) is 0 Å². The molecule has 13 heavy (non-hydrogen) atoms. The van der Waals surface area contributed by atoms with E-state index in [1.807, 2.05) is 0 Å². The first kappa shape index (κ1) is 9.34. The van der Waals surface area contributed by atoms with Gasteiger partial charge in [0, 0.05) is 0 Å². The van der Waals surface area contributed by atoms with Crippen LogP contribution in [-0.2, 0) is 0 Å². The molecule has 0 aliphatic carbocycles. The van der Waals surface area contributed by atoms with Gasteiger partial charge in [-0.05, 0) is 28.1 Å². The van der Waals surface area contributed by atoms with Crippen molar-refractivity contribution in [2.24, 2.45) is 0 Å². The van der Waals surface area contributed by atoms with Gasteiger partial charge in [0.15, 0.2) is 0 Å². The van der Waals surface area contributed by atoms with Gasteiger partial charge in [-0.25, -0.2) is 0 Å². The number of nitro groups is 1. The zero-order chi connectivity index (χ0) is 9.68. The van der Waals surface area contributed by atoms with Gasteiger partial charge in [-0.1, -0.05) is 6.08 Å². The molecular weight excluding hydrogens is 172 g/mol. The Balaban J connectivity index is 3.05. The SMILES string of the molecule is O=[N+]([O-])c1ncccc1C=CCO. The largest absolute Gasteiger partial charge is 0.392 e. The van der Waals surface area contributed by atoms with Crippen molar-refractivity contribution in [3.8, 4) is 0 Å². The summed E-state index contributed by atoms with van der Waals surface area (Å²) in [6.07, 6.45) is 4.24. The number of aliphatic hydroxyl groups excluding tert-OH is 1. The van der Waals surface area contributed by atoms with E-state index in [2.05, 4.69) is 4.98 Å². The van der Waals surface area contributed by atoms with Gasteiger partial charge in [0.1, 0.15) is 6.20 Å². The van der Waals surface area contributed by atoms with Crippen LogP contribution in [-0.4, -0.2) is 21.6 Å². The minimum atomic E-state index is -0.558. The highest BCUT2D eigenvalue weighted by atomic mass is 16.6. The minimum Gasteiger partial charge on any atom is -0.392 e. The molecule has 1 rings (SSSR count). The Kier molecular flexibility index (Phi) is 3.10. The lowest BCUT2D eigenvalue weighted by molar-refractivity contribution is -0.389. The van der Waals surface area contributed by atoms with E-state index >= 15 is 0 Å². The van der Waals surface area contributed by atoms with Crippen LogP contribution in [0.4, 0.5) is 5.82 Å². The third-order valence-corrected chi connectivity index (χ3v) is 1.39. The Bertz CT molecular complexity index is 336. The van der Waals surface area contributed by atoms with Crippen molar-refractivity contribution in [3.05, 3.63) is 40.1 Å². The van der Waals surface area contributed by atoms with Gasteiger partial charge in [0.05, 0.1) is 12.2 Å². The molecule has 0 saturated heterocycles. The number of aromatic nitrogens is 1.